The van der Waals surface area contributed by atoms with E-state index in [9.17, 15) is 4.79 Å². The maximum atomic E-state index is 10.4. The minimum atomic E-state index is -1.07. The summed E-state index contributed by atoms with van der Waals surface area (Å²) in [6.45, 7) is 0. The summed E-state index contributed by atoms with van der Waals surface area (Å²) in [5, 5.41) is 16.1. The third kappa shape index (κ3) is 3.41. The predicted octanol–water partition coefficient (Wildman–Crippen LogP) is 1.77. The van der Waals surface area contributed by atoms with Crippen LogP contribution in [0.3, 0.4) is 0 Å². The van der Waals surface area contributed by atoms with E-state index in [1.807, 2.05) is 24.3 Å². The second-order valence-corrected chi connectivity index (χ2v) is 3.69. The van der Waals surface area contributed by atoms with Gasteiger partial charge in [-0.15, -0.1) is 10.2 Å². The van der Waals surface area contributed by atoms with Gasteiger partial charge in [0.25, 0.3) is 0 Å². The molecule has 1 aromatic heterocycles. The maximum Gasteiger partial charge on any atom is 0.328 e. The normalized spacial score (nSPS) is 10.8. The van der Waals surface area contributed by atoms with Crippen molar-refractivity contribution < 1.29 is 19.1 Å². The molecule has 1 N–H and O–H groups in total. The van der Waals surface area contributed by atoms with Crippen LogP contribution in [0.2, 0.25) is 0 Å². The van der Waals surface area contributed by atoms with Crippen LogP contribution in [0.4, 0.5) is 0 Å². The van der Waals surface area contributed by atoms with Gasteiger partial charge >= 0.3 is 5.97 Å². The fourth-order valence-electron chi connectivity index (χ4n) is 1.56. The molecular weight excluding hydrogens is 248 g/mol. The maximum absolute atomic E-state index is 10.4. The Balaban J connectivity index is 2.13. The van der Waals surface area contributed by atoms with Crippen LogP contribution < -0.4 is 4.74 Å². The lowest BCUT2D eigenvalue weighted by atomic mass is 10.1. The largest absolute Gasteiger partial charge is 0.496 e. The van der Waals surface area contributed by atoms with Gasteiger partial charge in [-0.2, -0.15) is 0 Å². The number of ether oxygens (including phenoxy) is 1. The summed E-state index contributed by atoms with van der Waals surface area (Å²) in [5.74, 6) is 0.231. The second kappa shape index (κ2) is 5.81. The summed E-state index contributed by atoms with van der Waals surface area (Å²) >= 11 is 0. The van der Waals surface area contributed by atoms with Crippen LogP contribution >= 0.6 is 0 Å². The number of para-hydroxylation sites is 1. The summed E-state index contributed by atoms with van der Waals surface area (Å²) in [6.07, 6.45) is 2.62. The molecule has 0 atom stereocenters. The van der Waals surface area contributed by atoms with E-state index in [2.05, 4.69) is 10.2 Å². The number of benzene rings is 1. The molecule has 2 aromatic rings. The van der Waals surface area contributed by atoms with E-state index in [-0.39, 0.29) is 5.89 Å². The van der Waals surface area contributed by atoms with Gasteiger partial charge in [-0.3, -0.25) is 0 Å². The highest BCUT2D eigenvalue weighted by molar-refractivity contribution is 5.84. The van der Waals surface area contributed by atoms with Crippen molar-refractivity contribution >= 4 is 12.0 Å². The molecule has 6 nitrogen and oxygen atoms in total. The Kier molecular flexibility index (Phi) is 3.92. The molecule has 19 heavy (non-hydrogen) atoms. The van der Waals surface area contributed by atoms with E-state index in [1.54, 1.807) is 7.11 Å². The molecule has 0 aliphatic heterocycles. The summed E-state index contributed by atoms with van der Waals surface area (Å²) in [6, 6.07) is 7.50. The Morgan fingerprint density at radius 3 is 2.95 bits per heavy atom. The van der Waals surface area contributed by atoms with E-state index < -0.39 is 5.97 Å². The number of carboxylic acid groups (broad SMARTS) is 1. The van der Waals surface area contributed by atoms with Crippen LogP contribution in [-0.2, 0) is 11.2 Å². The molecule has 2 rings (SSSR count). The highest BCUT2D eigenvalue weighted by atomic mass is 16.5. The Morgan fingerprint density at radius 1 is 1.42 bits per heavy atom. The number of aliphatic carboxylic acids is 1. The molecule has 1 heterocycles. The van der Waals surface area contributed by atoms with E-state index >= 15 is 0 Å². The van der Waals surface area contributed by atoms with E-state index in [1.165, 1.54) is 6.08 Å². The zero-order valence-electron chi connectivity index (χ0n) is 10.2. The highest BCUT2D eigenvalue weighted by Crippen LogP contribution is 2.20. The Labute approximate surface area is 109 Å². The number of methoxy groups -OCH3 is 1. The molecule has 0 saturated heterocycles. The van der Waals surface area contributed by atoms with Crippen molar-refractivity contribution in [1.29, 1.82) is 0 Å². The van der Waals surface area contributed by atoms with E-state index in [4.69, 9.17) is 14.3 Å². The van der Waals surface area contributed by atoms with E-state index in [0.717, 1.165) is 17.4 Å². The molecule has 6 heteroatoms. The predicted molar refractivity (Wildman–Crippen MR) is 66.8 cm³/mol. The van der Waals surface area contributed by atoms with Crippen molar-refractivity contribution in [2.75, 3.05) is 7.11 Å². The fraction of sp³-hybridized carbons (Fsp3) is 0.154. The van der Waals surface area contributed by atoms with Gasteiger partial charge in [0.15, 0.2) is 0 Å². The van der Waals surface area contributed by atoms with Gasteiger partial charge in [-0.05, 0) is 6.07 Å². The van der Waals surface area contributed by atoms with Gasteiger partial charge in [-0.1, -0.05) is 18.2 Å². The summed E-state index contributed by atoms with van der Waals surface area (Å²) in [5.41, 5.74) is 0.919. The molecular formula is C13H12N2O4. The van der Waals surface area contributed by atoms with Gasteiger partial charge in [0, 0.05) is 17.7 Å². The van der Waals surface area contributed by atoms with Gasteiger partial charge in [0.1, 0.15) is 5.75 Å². The molecule has 0 aliphatic rings. The van der Waals surface area contributed by atoms with Crippen LogP contribution in [-0.4, -0.2) is 28.4 Å². The van der Waals surface area contributed by atoms with Crippen molar-refractivity contribution in [2.45, 2.75) is 6.42 Å². The lowest BCUT2D eigenvalue weighted by Crippen LogP contribution is -1.93. The topological polar surface area (TPSA) is 85.5 Å². The van der Waals surface area contributed by atoms with Crippen molar-refractivity contribution in [3.05, 3.63) is 47.7 Å². The van der Waals surface area contributed by atoms with Crippen LogP contribution in [0.5, 0.6) is 5.75 Å². The third-order valence-electron chi connectivity index (χ3n) is 2.39. The molecule has 0 saturated carbocycles. The molecule has 0 amide bonds. The Hall–Kier alpha value is -2.63. The van der Waals surface area contributed by atoms with Crippen molar-refractivity contribution in [3.8, 4) is 5.75 Å². The zero-order valence-corrected chi connectivity index (χ0v) is 10.2. The lowest BCUT2D eigenvalue weighted by Gasteiger charge is -2.04. The number of aromatic nitrogens is 2. The zero-order chi connectivity index (χ0) is 13.7. The third-order valence-corrected chi connectivity index (χ3v) is 2.39. The molecule has 1 aromatic carbocycles. The lowest BCUT2D eigenvalue weighted by molar-refractivity contribution is -0.131. The highest BCUT2D eigenvalue weighted by Gasteiger charge is 2.08. The minimum absolute atomic E-state index is 0.160. The van der Waals surface area contributed by atoms with Crippen LogP contribution in [0.1, 0.15) is 17.3 Å². The summed E-state index contributed by atoms with van der Waals surface area (Å²) in [7, 11) is 1.59. The molecule has 0 unspecified atom stereocenters. The smallest absolute Gasteiger partial charge is 0.328 e. The molecule has 0 radical (unpaired) electrons. The number of hydrogen-bond acceptors (Lipinski definition) is 5. The minimum Gasteiger partial charge on any atom is -0.496 e. The SMILES string of the molecule is COc1ccccc1Cc1nnc(/C=C/C(=O)O)o1. The van der Waals surface area contributed by atoms with Crippen molar-refractivity contribution in [3.63, 3.8) is 0 Å². The second-order valence-electron chi connectivity index (χ2n) is 3.69. The number of carbonyl (C=O) groups is 1. The number of nitrogens with zero attached hydrogens (tertiary/aromatic N) is 2. The first-order valence-electron chi connectivity index (χ1n) is 5.54. The fourth-order valence-corrected chi connectivity index (χ4v) is 1.56. The van der Waals surface area contributed by atoms with Gasteiger partial charge in [0.05, 0.1) is 13.5 Å². The average molecular weight is 260 g/mol. The Bertz CT molecular complexity index is 604. The van der Waals surface area contributed by atoms with E-state index in [0.29, 0.717) is 12.3 Å². The molecule has 0 spiro atoms. The number of carboxylic acids is 1. The molecule has 0 fully saturated rings. The monoisotopic (exact) mass is 260 g/mol. The summed E-state index contributed by atoms with van der Waals surface area (Å²) < 4.78 is 10.5. The Morgan fingerprint density at radius 2 is 2.21 bits per heavy atom. The molecule has 0 aliphatic carbocycles. The van der Waals surface area contributed by atoms with Crippen LogP contribution in [0, 0.1) is 0 Å². The number of rotatable bonds is 5. The molecule has 98 valence electrons. The summed E-state index contributed by atoms with van der Waals surface area (Å²) in [4.78, 5) is 10.4. The average Bonchev–Trinajstić information content (AvgIpc) is 2.85. The first kappa shape index (κ1) is 12.8. The van der Waals surface area contributed by atoms with Gasteiger partial charge < -0.3 is 14.3 Å². The standard InChI is InChI=1S/C13H12N2O4/c1-18-10-5-3-2-4-9(10)8-12-15-14-11(19-12)6-7-13(16)17/h2-7H,8H2,1H3,(H,16,17)/b7-6+. The number of hydrogen-bond donors (Lipinski definition) is 1. The molecule has 0 bridgehead atoms. The van der Waals surface area contributed by atoms with Gasteiger partial charge in [0.2, 0.25) is 11.8 Å². The first-order chi connectivity index (χ1) is 9.19. The van der Waals surface area contributed by atoms with Crippen LogP contribution in [0.15, 0.2) is 34.8 Å². The van der Waals surface area contributed by atoms with Crippen LogP contribution in [0.25, 0.3) is 6.08 Å². The quantitative estimate of drug-likeness (QED) is 0.824. The van der Waals surface area contributed by atoms with Crippen molar-refractivity contribution in [2.24, 2.45) is 0 Å². The van der Waals surface area contributed by atoms with Gasteiger partial charge in [-0.25, -0.2) is 4.79 Å². The first-order valence-corrected chi connectivity index (χ1v) is 5.54. The van der Waals surface area contributed by atoms with Crippen molar-refractivity contribution in [1.82, 2.24) is 10.2 Å².